The Labute approximate surface area is 184 Å². The number of piperidine rings is 1. The molecule has 1 aliphatic rings. The van der Waals surface area contributed by atoms with Gasteiger partial charge in [0.15, 0.2) is 0 Å². The summed E-state index contributed by atoms with van der Waals surface area (Å²) in [6, 6.07) is 7.45. The van der Waals surface area contributed by atoms with Crippen LogP contribution in [0.4, 0.5) is 11.4 Å². The van der Waals surface area contributed by atoms with E-state index in [0.29, 0.717) is 42.2 Å². The van der Waals surface area contributed by atoms with Crippen LogP contribution in [-0.2, 0) is 4.79 Å². The van der Waals surface area contributed by atoms with Crippen molar-refractivity contribution in [2.24, 2.45) is 11.6 Å². The van der Waals surface area contributed by atoms with E-state index in [-0.39, 0.29) is 18.0 Å². The number of hydrazine groups is 1. The van der Waals surface area contributed by atoms with Gasteiger partial charge in [-0.15, -0.1) is 11.3 Å². The topological polar surface area (TPSA) is 147 Å². The van der Waals surface area contributed by atoms with Crippen molar-refractivity contribution in [3.63, 3.8) is 0 Å². The van der Waals surface area contributed by atoms with Gasteiger partial charge in [0.1, 0.15) is 10.7 Å². The maximum atomic E-state index is 12.8. The van der Waals surface area contributed by atoms with E-state index in [9.17, 15) is 14.7 Å². The van der Waals surface area contributed by atoms with E-state index in [1.807, 2.05) is 24.3 Å². The van der Waals surface area contributed by atoms with Gasteiger partial charge in [0.25, 0.3) is 5.91 Å². The molecule has 2 aromatic rings. The van der Waals surface area contributed by atoms with Crippen LogP contribution in [0.5, 0.6) is 0 Å². The minimum Gasteiger partial charge on any atom is -0.389 e. The summed E-state index contributed by atoms with van der Waals surface area (Å²) in [6.07, 6.45) is 3.94. The largest absolute Gasteiger partial charge is 0.389 e. The SMILES string of the molecule is C=C/C(=C\NN)c1nc(C(=O)Nc2ccccc2N2CCC(O)(CC(N)=O)CC2)cs1. The molecular weight excluding hydrogens is 416 g/mol. The van der Waals surface area contributed by atoms with Crippen molar-refractivity contribution < 1.29 is 14.7 Å². The Bertz CT molecular complexity index is 995. The molecule has 1 aliphatic heterocycles. The molecule has 31 heavy (non-hydrogen) atoms. The molecule has 1 aromatic heterocycles. The molecule has 0 saturated carbocycles. The number of nitrogens with one attached hydrogen (secondary N) is 2. The molecule has 2 amide bonds. The Morgan fingerprint density at radius 3 is 2.68 bits per heavy atom. The number of hydrogen-bond donors (Lipinski definition) is 5. The zero-order valence-electron chi connectivity index (χ0n) is 17.0. The molecule has 0 radical (unpaired) electrons. The van der Waals surface area contributed by atoms with Gasteiger partial charge < -0.3 is 26.5 Å². The highest BCUT2D eigenvalue weighted by Crippen LogP contribution is 2.33. The molecule has 2 heterocycles. The number of nitrogens with zero attached hydrogens (tertiary/aromatic N) is 2. The van der Waals surface area contributed by atoms with Gasteiger partial charge in [-0.1, -0.05) is 24.8 Å². The molecular formula is C21H26N6O3S. The summed E-state index contributed by atoms with van der Waals surface area (Å²) in [4.78, 5) is 30.4. The van der Waals surface area contributed by atoms with Crippen LogP contribution in [0.15, 0.2) is 48.5 Å². The average molecular weight is 443 g/mol. The molecule has 1 fully saturated rings. The maximum absolute atomic E-state index is 12.8. The standard InChI is InChI=1S/C21H26N6O3S/c1-2-14(12-24-23)20-26-16(13-31-20)19(29)25-15-5-3-4-6-17(15)27-9-7-21(30,8-10-27)11-18(22)28/h2-6,12-13,24,30H,1,7-11,23H2,(H2,22,28)(H,25,29)/b14-12+. The summed E-state index contributed by atoms with van der Waals surface area (Å²) in [5.41, 5.74) is 9.07. The second-order valence-corrected chi connectivity index (χ2v) is 8.19. The summed E-state index contributed by atoms with van der Waals surface area (Å²) >= 11 is 1.31. The zero-order valence-corrected chi connectivity index (χ0v) is 17.8. The fourth-order valence-corrected chi connectivity index (χ4v) is 4.33. The number of rotatable bonds is 8. The lowest BCUT2D eigenvalue weighted by atomic mass is 9.87. The summed E-state index contributed by atoms with van der Waals surface area (Å²) in [5.74, 6) is 4.48. The molecule has 9 nitrogen and oxygen atoms in total. The Balaban J connectivity index is 1.72. The molecule has 0 atom stereocenters. The third-order valence-electron chi connectivity index (χ3n) is 5.13. The van der Waals surface area contributed by atoms with Gasteiger partial charge in [0.05, 0.1) is 23.4 Å². The van der Waals surface area contributed by atoms with E-state index in [1.54, 1.807) is 17.7 Å². The van der Waals surface area contributed by atoms with E-state index in [1.165, 1.54) is 11.3 Å². The van der Waals surface area contributed by atoms with Crippen LogP contribution in [0.1, 0.15) is 34.8 Å². The molecule has 0 bridgehead atoms. The third kappa shape index (κ3) is 5.48. The highest BCUT2D eigenvalue weighted by molar-refractivity contribution is 7.11. The number of amides is 2. The summed E-state index contributed by atoms with van der Waals surface area (Å²) in [6.45, 7) is 4.80. The van der Waals surface area contributed by atoms with Gasteiger partial charge in [0, 0.05) is 30.2 Å². The predicted octanol–water partition coefficient (Wildman–Crippen LogP) is 1.59. The van der Waals surface area contributed by atoms with Crippen molar-refractivity contribution in [3.05, 3.63) is 59.2 Å². The lowest BCUT2D eigenvalue weighted by Gasteiger charge is -2.39. The fraction of sp³-hybridized carbons (Fsp3) is 0.286. The minimum atomic E-state index is -1.08. The van der Waals surface area contributed by atoms with Crippen LogP contribution in [-0.4, -0.2) is 40.6 Å². The lowest BCUT2D eigenvalue weighted by Crippen LogP contribution is -2.46. The average Bonchev–Trinajstić information content (AvgIpc) is 3.22. The van der Waals surface area contributed by atoms with E-state index in [2.05, 4.69) is 27.2 Å². The summed E-state index contributed by atoms with van der Waals surface area (Å²) < 4.78 is 0. The molecule has 1 aromatic carbocycles. The van der Waals surface area contributed by atoms with Crippen LogP contribution >= 0.6 is 11.3 Å². The first kappa shape index (κ1) is 22.5. The van der Waals surface area contributed by atoms with Gasteiger partial charge in [0.2, 0.25) is 5.91 Å². The number of aliphatic hydroxyl groups is 1. The number of carbonyl (C=O) groups is 2. The van der Waals surface area contributed by atoms with Crippen LogP contribution in [0.25, 0.3) is 5.57 Å². The number of benzene rings is 1. The number of allylic oxidation sites excluding steroid dienone is 2. The van der Waals surface area contributed by atoms with Crippen LogP contribution in [0.3, 0.4) is 0 Å². The van der Waals surface area contributed by atoms with Gasteiger partial charge in [-0.05, 0) is 25.0 Å². The van der Waals surface area contributed by atoms with Crippen molar-refractivity contribution in [3.8, 4) is 0 Å². The van der Waals surface area contributed by atoms with E-state index >= 15 is 0 Å². The van der Waals surface area contributed by atoms with Crippen molar-refractivity contribution in [1.29, 1.82) is 0 Å². The summed E-state index contributed by atoms with van der Waals surface area (Å²) in [7, 11) is 0. The molecule has 0 aliphatic carbocycles. The van der Waals surface area contributed by atoms with Gasteiger partial charge in [-0.3, -0.25) is 15.4 Å². The van der Waals surface area contributed by atoms with E-state index in [0.717, 1.165) is 5.69 Å². The third-order valence-corrected chi connectivity index (χ3v) is 6.02. The van der Waals surface area contributed by atoms with Gasteiger partial charge in [-0.2, -0.15) is 0 Å². The van der Waals surface area contributed by atoms with Crippen molar-refractivity contribution in [2.75, 3.05) is 23.3 Å². The van der Waals surface area contributed by atoms with Crippen molar-refractivity contribution in [1.82, 2.24) is 10.4 Å². The smallest absolute Gasteiger partial charge is 0.275 e. The Hall–Kier alpha value is -3.21. The number of anilines is 2. The van der Waals surface area contributed by atoms with Crippen LogP contribution < -0.4 is 27.2 Å². The second kappa shape index (κ2) is 9.73. The minimum absolute atomic E-state index is 0.0494. The monoisotopic (exact) mass is 442 g/mol. The molecule has 0 spiro atoms. The predicted molar refractivity (Wildman–Crippen MR) is 122 cm³/mol. The number of thiazole rings is 1. The van der Waals surface area contributed by atoms with Gasteiger partial charge in [-0.25, -0.2) is 4.98 Å². The fourth-order valence-electron chi connectivity index (χ4n) is 3.51. The number of aromatic nitrogens is 1. The number of carbonyl (C=O) groups excluding carboxylic acids is 2. The Kier molecular flexibility index (Phi) is 7.06. The quantitative estimate of drug-likeness (QED) is 0.237. The van der Waals surface area contributed by atoms with Crippen molar-refractivity contribution in [2.45, 2.75) is 24.9 Å². The highest BCUT2D eigenvalue weighted by atomic mass is 32.1. The van der Waals surface area contributed by atoms with Gasteiger partial charge >= 0.3 is 0 Å². The zero-order chi connectivity index (χ0) is 22.4. The normalized spacial score (nSPS) is 15.9. The first-order chi connectivity index (χ1) is 14.8. The Morgan fingerprint density at radius 2 is 2.03 bits per heavy atom. The molecule has 3 rings (SSSR count). The maximum Gasteiger partial charge on any atom is 0.275 e. The number of nitrogens with two attached hydrogens (primary N) is 2. The summed E-state index contributed by atoms with van der Waals surface area (Å²) in [5, 5.41) is 15.8. The van der Waals surface area contributed by atoms with Crippen LogP contribution in [0.2, 0.25) is 0 Å². The molecule has 10 heteroatoms. The number of primary amides is 1. The molecule has 0 unspecified atom stereocenters. The van der Waals surface area contributed by atoms with E-state index in [4.69, 9.17) is 11.6 Å². The second-order valence-electron chi connectivity index (χ2n) is 7.33. The number of para-hydroxylation sites is 2. The highest BCUT2D eigenvalue weighted by Gasteiger charge is 2.34. The molecule has 164 valence electrons. The molecule has 1 saturated heterocycles. The van der Waals surface area contributed by atoms with Crippen molar-refractivity contribution >= 4 is 40.1 Å². The molecule has 7 N–H and O–H groups in total. The van der Waals surface area contributed by atoms with E-state index < -0.39 is 11.5 Å². The van der Waals surface area contributed by atoms with Crippen LogP contribution in [0, 0.1) is 0 Å². The first-order valence-corrected chi connectivity index (χ1v) is 10.6. The lowest BCUT2D eigenvalue weighted by molar-refractivity contribution is -0.123. The first-order valence-electron chi connectivity index (χ1n) is 9.76. The Morgan fingerprint density at radius 1 is 1.32 bits per heavy atom. The number of hydrogen-bond acceptors (Lipinski definition) is 8.